The fraction of sp³-hybridized carbons (Fsp3) is 0.227. The normalized spacial score (nSPS) is 11.9. The Hall–Kier alpha value is -3.81. The molecule has 0 aliphatic heterocycles. The van der Waals surface area contributed by atoms with Crippen LogP contribution in [-0.2, 0) is 9.53 Å². The first kappa shape index (κ1) is 20.9. The van der Waals surface area contributed by atoms with Crippen LogP contribution in [0.5, 0.6) is 17.2 Å². The molecule has 156 valence electrons. The van der Waals surface area contributed by atoms with Crippen LogP contribution in [0.25, 0.3) is 17.5 Å². The number of carbonyl (C=O) groups excluding carboxylic acids is 1. The van der Waals surface area contributed by atoms with Crippen molar-refractivity contribution >= 4 is 12.0 Å². The van der Waals surface area contributed by atoms with E-state index in [2.05, 4.69) is 10.2 Å². The Labute approximate surface area is 174 Å². The minimum absolute atomic E-state index is 0.200. The van der Waals surface area contributed by atoms with Crippen LogP contribution in [-0.4, -0.2) is 37.5 Å². The van der Waals surface area contributed by atoms with Crippen LogP contribution < -0.4 is 14.2 Å². The summed E-state index contributed by atoms with van der Waals surface area (Å²) in [6, 6.07) is 12.5. The third-order valence-electron chi connectivity index (χ3n) is 4.20. The molecule has 0 fully saturated rings. The van der Waals surface area contributed by atoms with Crippen LogP contribution in [0.2, 0.25) is 0 Å². The maximum absolute atomic E-state index is 12.2. The highest BCUT2D eigenvalue weighted by atomic mass is 16.6. The van der Waals surface area contributed by atoms with Crippen LogP contribution >= 0.6 is 0 Å². The van der Waals surface area contributed by atoms with Crippen molar-refractivity contribution in [3.63, 3.8) is 0 Å². The predicted octanol–water partition coefficient (Wildman–Crippen LogP) is 4.08. The Morgan fingerprint density at radius 3 is 2.17 bits per heavy atom. The molecule has 0 spiro atoms. The molecule has 0 unspecified atom stereocenters. The average molecular weight is 410 g/mol. The number of nitrogens with zero attached hydrogens (tertiary/aromatic N) is 2. The summed E-state index contributed by atoms with van der Waals surface area (Å²) in [5.41, 5.74) is 1.47. The molecule has 0 aliphatic rings. The zero-order valence-corrected chi connectivity index (χ0v) is 17.1. The molecule has 0 aliphatic carbocycles. The summed E-state index contributed by atoms with van der Waals surface area (Å²) >= 11 is 0. The molecular weight excluding hydrogens is 388 g/mol. The Kier molecular flexibility index (Phi) is 6.69. The van der Waals surface area contributed by atoms with Gasteiger partial charge in [0.25, 0.3) is 5.89 Å². The van der Waals surface area contributed by atoms with Crippen molar-refractivity contribution in [2.75, 3.05) is 21.3 Å². The van der Waals surface area contributed by atoms with Crippen molar-refractivity contribution in [1.82, 2.24) is 10.2 Å². The first-order valence-electron chi connectivity index (χ1n) is 9.12. The second kappa shape index (κ2) is 9.60. The van der Waals surface area contributed by atoms with Crippen LogP contribution in [0.4, 0.5) is 0 Å². The first-order valence-corrected chi connectivity index (χ1v) is 9.12. The molecule has 1 heterocycles. The first-order chi connectivity index (χ1) is 14.5. The van der Waals surface area contributed by atoms with Gasteiger partial charge < -0.3 is 23.4 Å². The van der Waals surface area contributed by atoms with Gasteiger partial charge in [-0.3, -0.25) is 0 Å². The fourth-order valence-corrected chi connectivity index (χ4v) is 2.60. The summed E-state index contributed by atoms with van der Waals surface area (Å²) in [6.07, 6.45) is 2.21. The minimum Gasteiger partial charge on any atom is -0.497 e. The van der Waals surface area contributed by atoms with Gasteiger partial charge in [-0.15, -0.1) is 10.2 Å². The third kappa shape index (κ3) is 5.16. The lowest BCUT2D eigenvalue weighted by molar-refractivity contribution is -0.143. The van der Waals surface area contributed by atoms with Crippen molar-refractivity contribution in [2.45, 2.75) is 13.0 Å². The highest BCUT2D eigenvalue weighted by Gasteiger charge is 2.18. The molecule has 1 atom stereocenters. The number of carbonyl (C=O) groups is 1. The zero-order valence-electron chi connectivity index (χ0n) is 17.1. The van der Waals surface area contributed by atoms with E-state index in [0.29, 0.717) is 17.4 Å². The molecule has 1 aromatic heterocycles. The molecular formula is C22H22N2O6. The lowest BCUT2D eigenvalue weighted by Crippen LogP contribution is -2.06. The number of methoxy groups -OCH3 is 3. The molecule has 0 N–H and O–H groups in total. The summed E-state index contributed by atoms with van der Waals surface area (Å²) in [5.74, 6) is 1.94. The minimum atomic E-state index is -0.707. The molecule has 0 amide bonds. The van der Waals surface area contributed by atoms with E-state index in [-0.39, 0.29) is 5.89 Å². The maximum atomic E-state index is 12.2. The van der Waals surface area contributed by atoms with E-state index in [1.807, 2.05) is 0 Å². The van der Waals surface area contributed by atoms with Gasteiger partial charge in [0.2, 0.25) is 5.89 Å². The monoisotopic (exact) mass is 410 g/mol. The van der Waals surface area contributed by atoms with E-state index in [9.17, 15) is 4.79 Å². The van der Waals surface area contributed by atoms with Gasteiger partial charge in [0, 0.05) is 17.7 Å². The average Bonchev–Trinajstić information content (AvgIpc) is 3.28. The Balaban J connectivity index is 1.64. The van der Waals surface area contributed by atoms with Gasteiger partial charge in [0.05, 0.1) is 21.3 Å². The fourth-order valence-electron chi connectivity index (χ4n) is 2.60. The van der Waals surface area contributed by atoms with Crippen LogP contribution in [0.3, 0.4) is 0 Å². The topological polar surface area (TPSA) is 92.9 Å². The smallest absolute Gasteiger partial charge is 0.331 e. The van der Waals surface area contributed by atoms with E-state index in [1.54, 1.807) is 76.8 Å². The number of hydrogen-bond donors (Lipinski definition) is 0. The maximum Gasteiger partial charge on any atom is 0.331 e. The molecule has 3 aromatic rings. The molecule has 0 radical (unpaired) electrons. The number of hydrogen-bond acceptors (Lipinski definition) is 8. The van der Waals surface area contributed by atoms with Crippen molar-refractivity contribution in [1.29, 1.82) is 0 Å². The molecule has 0 saturated carbocycles. The Morgan fingerprint density at radius 2 is 1.57 bits per heavy atom. The standard InChI is InChI=1S/C22H22N2O6/c1-14(21-23-24-22(30-21)16-6-8-17(26-2)9-7-16)29-20(25)10-5-15-11-18(27-3)13-19(12-15)28-4/h5-14H,1-4H3/b10-5+/t14-/m0/s1. The van der Waals surface area contributed by atoms with Crippen LogP contribution in [0.15, 0.2) is 53.0 Å². The Morgan fingerprint density at radius 1 is 0.933 bits per heavy atom. The molecule has 8 nitrogen and oxygen atoms in total. The van der Waals surface area contributed by atoms with E-state index in [0.717, 1.165) is 16.9 Å². The SMILES string of the molecule is COc1ccc(-c2nnc([C@H](C)OC(=O)/C=C/c3cc(OC)cc(OC)c3)o2)cc1. The summed E-state index contributed by atoms with van der Waals surface area (Å²) in [7, 11) is 4.71. The second-order valence-electron chi connectivity index (χ2n) is 6.23. The lowest BCUT2D eigenvalue weighted by atomic mass is 10.2. The van der Waals surface area contributed by atoms with E-state index in [1.165, 1.54) is 6.08 Å². The molecule has 2 aromatic carbocycles. The number of aromatic nitrogens is 2. The van der Waals surface area contributed by atoms with E-state index < -0.39 is 12.1 Å². The molecule has 8 heteroatoms. The highest BCUT2D eigenvalue weighted by molar-refractivity contribution is 5.87. The molecule has 30 heavy (non-hydrogen) atoms. The largest absolute Gasteiger partial charge is 0.497 e. The van der Waals surface area contributed by atoms with Crippen LogP contribution in [0.1, 0.15) is 24.5 Å². The lowest BCUT2D eigenvalue weighted by Gasteiger charge is -2.07. The Bertz CT molecular complexity index is 1000. The van der Waals surface area contributed by atoms with E-state index >= 15 is 0 Å². The summed E-state index contributed by atoms with van der Waals surface area (Å²) in [5, 5.41) is 7.98. The van der Waals surface area contributed by atoms with Crippen molar-refractivity contribution in [3.8, 4) is 28.7 Å². The quantitative estimate of drug-likeness (QED) is 0.405. The summed E-state index contributed by atoms with van der Waals surface area (Å²) < 4.78 is 26.5. The molecule has 0 bridgehead atoms. The van der Waals surface area contributed by atoms with Gasteiger partial charge in [-0.1, -0.05) is 0 Å². The van der Waals surface area contributed by atoms with Crippen molar-refractivity contribution < 1.29 is 28.2 Å². The van der Waals surface area contributed by atoms with Crippen LogP contribution in [0, 0.1) is 0 Å². The van der Waals surface area contributed by atoms with Gasteiger partial charge in [0.1, 0.15) is 17.2 Å². The van der Waals surface area contributed by atoms with E-state index in [4.69, 9.17) is 23.4 Å². The van der Waals surface area contributed by atoms with Gasteiger partial charge >= 0.3 is 5.97 Å². The highest BCUT2D eigenvalue weighted by Crippen LogP contribution is 2.25. The second-order valence-corrected chi connectivity index (χ2v) is 6.23. The van der Waals surface area contributed by atoms with Gasteiger partial charge in [-0.25, -0.2) is 4.79 Å². The zero-order chi connectivity index (χ0) is 21.5. The summed E-state index contributed by atoms with van der Waals surface area (Å²) in [4.78, 5) is 12.2. The molecule has 3 rings (SSSR count). The molecule has 0 saturated heterocycles. The number of rotatable bonds is 8. The van der Waals surface area contributed by atoms with Crippen molar-refractivity contribution in [3.05, 3.63) is 60.0 Å². The third-order valence-corrected chi connectivity index (χ3v) is 4.20. The van der Waals surface area contributed by atoms with Crippen molar-refractivity contribution in [2.24, 2.45) is 0 Å². The number of ether oxygens (including phenoxy) is 4. The number of benzene rings is 2. The number of esters is 1. The summed E-state index contributed by atoms with van der Waals surface area (Å²) in [6.45, 7) is 1.66. The predicted molar refractivity (Wildman–Crippen MR) is 109 cm³/mol. The van der Waals surface area contributed by atoms with Gasteiger partial charge in [-0.05, 0) is 55.0 Å². The van der Waals surface area contributed by atoms with Gasteiger partial charge in [0.15, 0.2) is 6.10 Å². The van der Waals surface area contributed by atoms with Gasteiger partial charge in [-0.2, -0.15) is 0 Å².